The van der Waals surface area contributed by atoms with Crippen LogP contribution < -0.4 is 19.8 Å². The molecule has 6 nitrogen and oxygen atoms in total. The SMILES string of the molecule is CCOc1ccc(C2c3c(oc4cc(C)c(C)cc4c3=O)C(=O)N2c2ccc(CC)cc2)cc1OCC. The highest BCUT2D eigenvalue weighted by Crippen LogP contribution is 2.43. The Balaban J connectivity index is 1.77. The lowest BCUT2D eigenvalue weighted by molar-refractivity contribution is 0.0971. The number of anilines is 1. The Morgan fingerprint density at radius 2 is 1.51 bits per heavy atom. The smallest absolute Gasteiger partial charge is 0.295 e. The first kappa shape index (κ1) is 24.6. The van der Waals surface area contributed by atoms with Gasteiger partial charge in [-0.2, -0.15) is 0 Å². The first-order chi connectivity index (χ1) is 17.9. The van der Waals surface area contributed by atoms with Crippen molar-refractivity contribution in [2.45, 2.75) is 47.1 Å². The van der Waals surface area contributed by atoms with Crippen LogP contribution in [0.3, 0.4) is 0 Å². The molecule has 1 amide bonds. The third-order valence-corrected chi connectivity index (χ3v) is 6.99. The number of amides is 1. The topological polar surface area (TPSA) is 69.0 Å². The second kappa shape index (κ2) is 9.77. The normalized spacial score (nSPS) is 14.8. The van der Waals surface area contributed by atoms with Crippen molar-refractivity contribution in [3.63, 3.8) is 0 Å². The molecular formula is C31H31NO5. The number of ether oxygens (including phenoxy) is 2. The summed E-state index contributed by atoms with van der Waals surface area (Å²) in [5.74, 6) is 0.930. The Morgan fingerprint density at radius 1 is 0.838 bits per heavy atom. The van der Waals surface area contributed by atoms with Crippen LogP contribution in [-0.2, 0) is 6.42 Å². The number of aryl methyl sites for hydroxylation is 3. The minimum absolute atomic E-state index is 0.0807. The van der Waals surface area contributed by atoms with Crippen molar-refractivity contribution >= 4 is 22.6 Å². The van der Waals surface area contributed by atoms with Gasteiger partial charge in [0.25, 0.3) is 5.91 Å². The van der Waals surface area contributed by atoms with Gasteiger partial charge in [-0.15, -0.1) is 0 Å². The molecule has 6 heteroatoms. The van der Waals surface area contributed by atoms with Crippen LogP contribution in [0, 0.1) is 13.8 Å². The summed E-state index contributed by atoms with van der Waals surface area (Å²) >= 11 is 0. The van der Waals surface area contributed by atoms with Crippen molar-refractivity contribution in [2.24, 2.45) is 0 Å². The van der Waals surface area contributed by atoms with Crippen molar-refractivity contribution in [2.75, 3.05) is 18.1 Å². The zero-order valence-corrected chi connectivity index (χ0v) is 21.9. The van der Waals surface area contributed by atoms with Gasteiger partial charge in [-0.1, -0.05) is 25.1 Å². The van der Waals surface area contributed by atoms with E-state index in [1.807, 2.05) is 82.3 Å². The molecule has 37 heavy (non-hydrogen) atoms. The van der Waals surface area contributed by atoms with E-state index < -0.39 is 6.04 Å². The highest BCUT2D eigenvalue weighted by molar-refractivity contribution is 6.10. The molecular weight excluding hydrogens is 466 g/mol. The standard InChI is InChI=1S/C31H31NO5/c1-6-20-9-12-22(13-10-20)32-28(21-11-14-24(35-7-2)26(17-21)36-8-3)27-29(33)23-15-18(4)19(5)16-25(23)37-30(27)31(32)34/h9-17,28H,6-8H2,1-5H3. The van der Waals surface area contributed by atoms with Crippen LogP contribution >= 0.6 is 0 Å². The maximum Gasteiger partial charge on any atom is 0.295 e. The van der Waals surface area contributed by atoms with Gasteiger partial charge in [-0.25, -0.2) is 0 Å². The van der Waals surface area contributed by atoms with Crippen molar-refractivity contribution < 1.29 is 18.7 Å². The molecule has 5 rings (SSSR count). The summed E-state index contributed by atoms with van der Waals surface area (Å²) in [5, 5.41) is 0.471. The lowest BCUT2D eigenvalue weighted by Gasteiger charge is -2.26. The Labute approximate surface area is 216 Å². The second-order valence-electron chi connectivity index (χ2n) is 9.28. The average molecular weight is 498 g/mol. The summed E-state index contributed by atoms with van der Waals surface area (Å²) in [5.41, 5.74) is 5.16. The van der Waals surface area contributed by atoms with Gasteiger partial charge >= 0.3 is 0 Å². The van der Waals surface area contributed by atoms with E-state index in [1.54, 1.807) is 4.90 Å². The molecule has 1 atom stereocenters. The number of carbonyl (C=O) groups excluding carboxylic acids is 1. The molecule has 0 spiro atoms. The number of nitrogens with zero attached hydrogens (tertiary/aromatic N) is 1. The molecule has 0 saturated heterocycles. The maximum atomic E-state index is 14.0. The fraction of sp³-hybridized carbons (Fsp3) is 0.290. The first-order valence-corrected chi connectivity index (χ1v) is 12.8. The molecule has 0 fully saturated rings. The Morgan fingerprint density at radius 3 is 2.19 bits per heavy atom. The van der Waals surface area contributed by atoms with Crippen molar-refractivity contribution in [1.82, 2.24) is 0 Å². The molecule has 2 heterocycles. The van der Waals surface area contributed by atoms with Crippen LogP contribution in [0.25, 0.3) is 11.0 Å². The zero-order valence-electron chi connectivity index (χ0n) is 21.9. The third kappa shape index (κ3) is 4.16. The highest BCUT2D eigenvalue weighted by atomic mass is 16.5. The van der Waals surface area contributed by atoms with Crippen LogP contribution in [0.4, 0.5) is 5.69 Å². The largest absolute Gasteiger partial charge is 0.490 e. The number of hydrogen-bond acceptors (Lipinski definition) is 5. The zero-order chi connectivity index (χ0) is 26.3. The molecule has 3 aromatic carbocycles. The number of carbonyl (C=O) groups is 1. The lowest BCUT2D eigenvalue weighted by atomic mass is 9.96. The summed E-state index contributed by atoms with van der Waals surface area (Å²) in [4.78, 5) is 29.5. The summed E-state index contributed by atoms with van der Waals surface area (Å²) in [6, 6.07) is 16.4. The predicted octanol–water partition coefficient (Wildman–Crippen LogP) is 6.52. The lowest BCUT2D eigenvalue weighted by Crippen LogP contribution is -2.29. The second-order valence-corrected chi connectivity index (χ2v) is 9.28. The molecule has 0 aliphatic carbocycles. The monoisotopic (exact) mass is 497 g/mol. The van der Waals surface area contributed by atoms with Crippen molar-refractivity contribution in [3.05, 3.63) is 98.4 Å². The number of fused-ring (bicyclic) bond motifs is 2. The van der Waals surface area contributed by atoms with Gasteiger partial charge in [-0.3, -0.25) is 14.5 Å². The van der Waals surface area contributed by atoms with Crippen LogP contribution in [0.1, 0.15) is 65.2 Å². The predicted molar refractivity (Wildman–Crippen MR) is 145 cm³/mol. The van der Waals surface area contributed by atoms with E-state index in [4.69, 9.17) is 13.9 Å². The quantitative estimate of drug-likeness (QED) is 0.291. The van der Waals surface area contributed by atoms with E-state index in [9.17, 15) is 9.59 Å². The molecule has 190 valence electrons. The molecule has 1 aromatic heterocycles. The Kier molecular flexibility index (Phi) is 6.50. The van der Waals surface area contributed by atoms with E-state index in [1.165, 1.54) is 0 Å². The minimum atomic E-state index is -0.674. The van der Waals surface area contributed by atoms with E-state index in [0.717, 1.165) is 28.7 Å². The van der Waals surface area contributed by atoms with Crippen LogP contribution in [0.2, 0.25) is 0 Å². The molecule has 1 aliphatic heterocycles. The molecule has 0 N–H and O–H groups in total. The molecule has 1 unspecified atom stereocenters. The Bertz CT molecular complexity index is 1550. The number of benzene rings is 3. The number of rotatable bonds is 7. The van der Waals surface area contributed by atoms with E-state index in [2.05, 4.69) is 6.92 Å². The van der Waals surface area contributed by atoms with Gasteiger partial charge in [0.1, 0.15) is 5.58 Å². The van der Waals surface area contributed by atoms with E-state index in [-0.39, 0.29) is 17.1 Å². The van der Waals surface area contributed by atoms with Crippen LogP contribution in [-0.4, -0.2) is 19.1 Å². The van der Waals surface area contributed by atoms with Crippen LogP contribution in [0.15, 0.2) is 63.8 Å². The summed E-state index contributed by atoms with van der Waals surface area (Å²) in [6.07, 6.45) is 0.888. The maximum absolute atomic E-state index is 14.0. The highest BCUT2D eigenvalue weighted by Gasteiger charge is 2.44. The van der Waals surface area contributed by atoms with Gasteiger partial charge in [0, 0.05) is 5.69 Å². The van der Waals surface area contributed by atoms with Gasteiger partial charge < -0.3 is 13.9 Å². The van der Waals surface area contributed by atoms with Gasteiger partial charge in [0.2, 0.25) is 5.76 Å². The molecule has 1 aliphatic rings. The fourth-order valence-corrected chi connectivity index (χ4v) is 4.94. The first-order valence-electron chi connectivity index (χ1n) is 12.8. The number of hydrogen-bond donors (Lipinski definition) is 0. The van der Waals surface area contributed by atoms with Crippen molar-refractivity contribution in [3.8, 4) is 11.5 Å². The van der Waals surface area contributed by atoms with Gasteiger partial charge in [0.15, 0.2) is 16.9 Å². The fourth-order valence-electron chi connectivity index (χ4n) is 4.94. The summed E-state index contributed by atoms with van der Waals surface area (Å²) in [6.45, 7) is 10.8. The van der Waals surface area contributed by atoms with E-state index >= 15 is 0 Å². The molecule has 0 bridgehead atoms. The molecule has 0 radical (unpaired) electrons. The van der Waals surface area contributed by atoms with Crippen LogP contribution in [0.5, 0.6) is 11.5 Å². The summed E-state index contributed by atoms with van der Waals surface area (Å²) < 4.78 is 17.8. The van der Waals surface area contributed by atoms with Gasteiger partial charge in [0.05, 0.1) is 30.2 Å². The Hall–Kier alpha value is -4.06. The molecule has 0 saturated carbocycles. The third-order valence-electron chi connectivity index (χ3n) is 6.99. The van der Waals surface area contributed by atoms with E-state index in [0.29, 0.717) is 46.9 Å². The molecule has 4 aromatic rings. The average Bonchev–Trinajstić information content (AvgIpc) is 3.19. The van der Waals surface area contributed by atoms with Gasteiger partial charge in [-0.05, 0) is 92.8 Å². The summed E-state index contributed by atoms with van der Waals surface area (Å²) in [7, 11) is 0. The van der Waals surface area contributed by atoms with Crippen molar-refractivity contribution in [1.29, 1.82) is 0 Å². The minimum Gasteiger partial charge on any atom is -0.490 e.